The maximum absolute atomic E-state index is 2.25. The highest BCUT2D eigenvalue weighted by molar-refractivity contribution is 5.30. The van der Waals surface area contributed by atoms with Crippen molar-refractivity contribution in [3.8, 4) is 0 Å². The van der Waals surface area contributed by atoms with Crippen molar-refractivity contribution in [1.29, 1.82) is 0 Å². The van der Waals surface area contributed by atoms with Crippen LogP contribution < -0.4 is 0 Å². The molecule has 0 bridgehead atoms. The third-order valence-electron chi connectivity index (χ3n) is 2.62. The second-order valence-corrected chi connectivity index (χ2v) is 9.08. The molecule has 0 spiro atoms. The van der Waals surface area contributed by atoms with Gasteiger partial charge in [-0.2, -0.15) is 0 Å². The van der Waals surface area contributed by atoms with Gasteiger partial charge in [0.1, 0.15) is 0 Å². The zero-order valence-electron chi connectivity index (χ0n) is 14.8. The van der Waals surface area contributed by atoms with Gasteiger partial charge in [0.2, 0.25) is 0 Å². The average molecular weight is 262 g/mol. The topological polar surface area (TPSA) is 0 Å². The molecule has 0 aromatic heterocycles. The Labute approximate surface area is 121 Å². The van der Waals surface area contributed by atoms with E-state index in [0.717, 1.165) is 0 Å². The van der Waals surface area contributed by atoms with E-state index in [2.05, 4.69) is 93.5 Å². The van der Waals surface area contributed by atoms with Crippen LogP contribution in [0.5, 0.6) is 0 Å². The molecule has 0 fully saturated rings. The highest BCUT2D eigenvalue weighted by atomic mass is 14.2. The van der Waals surface area contributed by atoms with Crippen molar-refractivity contribution in [2.45, 2.75) is 80.1 Å². The molecule has 0 saturated carbocycles. The Balaban J connectivity index is 0.000000555. The van der Waals surface area contributed by atoms with Crippen molar-refractivity contribution >= 4 is 0 Å². The van der Waals surface area contributed by atoms with Gasteiger partial charge in [-0.1, -0.05) is 93.5 Å². The van der Waals surface area contributed by atoms with Crippen LogP contribution in [0.15, 0.2) is 24.3 Å². The van der Waals surface area contributed by atoms with Crippen molar-refractivity contribution in [2.75, 3.05) is 0 Å². The highest BCUT2D eigenvalue weighted by Gasteiger charge is 2.16. The quantitative estimate of drug-likeness (QED) is 0.512. The summed E-state index contributed by atoms with van der Waals surface area (Å²) in [5.41, 5.74) is 3.84. The number of benzene rings is 1. The van der Waals surface area contributed by atoms with E-state index in [9.17, 15) is 0 Å². The van der Waals surface area contributed by atoms with E-state index in [-0.39, 0.29) is 10.8 Å². The van der Waals surface area contributed by atoms with E-state index in [0.29, 0.717) is 5.41 Å². The van der Waals surface area contributed by atoms with Gasteiger partial charge in [-0.05, 0) is 27.4 Å². The molecule has 0 amide bonds. The minimum Gasteiger partial charge on any atom is -0.0604 e. The van der Waals surface area contributed by atoms with Crippen molar-refractivity contribution in [1.82, 2.24) is 0 Å². The Morgan fingerprint density at radius 3 is 0.737 bits per heavy atom. The molecule has 0 aliphatic heterocycles. The Morgan fingerprint density at radius 1 is 0.474 bits per heavy atom. The fourth-order valence-corrected chi connectivity index (χ4v) is 1.47. The van der Waals surface area contributed by atoms with Gasteiger partial charge < -0.3 is 0 Å². The van der Waals surface area contributed by atoms with Crippen LogP contribution in [0.3, 0.4) is 0 Å². The summed E-state index contributed by atoms with van der Waals surface area (Å²) in [6.07, 6.45) is 0. The van der Waals surface area contributed by atoms with E-state index in [1.807, 2.05) is 0 Å². The van der Waals surface area contributed by atoms with Crippen LogP contribution in [-0.4, -0.2) is 0 Å². The summed E-state index contributed by atoms with van der Waals surface area (Å²) in [5.74, 6) is 0. The summed E-state index contributed by atoms with van der Waals surface area (Å²) in [6, 6.07) is 9.00. The Morgan fingerprint density at radius 2 is 0.632 bits per heavy atom. The van der Waals surface area contributed by atoms with E-state index in [4.69, 9.17) is 0 Å². The first-order valence-corrected chi connectivity index (χ1v) is 7.32. The minimum absolute atomic E-state index is 0.260. The zero-order valence-corrected chi connectivity index (χ0v) is 14.8. The van der Waals surface area contributed by atoms with Gasteiger partial charge in [-0.3, -0.25) is 0 Å². The monoisotopic (exact) mass is 262 g/mol. The largest absolute Gasteiger partial charge is 0.0604 e. The van der Waals surface area contributed by atoms with Crippen LogP contribution in [-0.2, 0) is 10.8 Å². The van der Waals surface area contributed by atoms with E-state index < -0.39 is 0 Å². The van der Waals surface area contributed by atoms with Crippen LogP contribution >= 0.6 is 0 Å². The molecular weight excluding hydrogens is 228 g/mol. The van der Waals surface area contributed by atoms with Crippen LogP contribution in [0.2, 0.25) is 0 Å². The summed E-state index contributed by atoms with van der Waals surface area (Å²) in [6.45, 7) is 22.2. The van der Waals surface area contributed by atoms with Gasteiger partial charge in [0.25, 0.3) is 0 Å². The van der Waals surface area contributed by atoms with Crippen molar-refractivity contribution in [2.24, 2.45) is 5.41 Å². The Bertz CT molecular complexity index is 321. The molecule has 1 aromatic rings. The molecule has 0 atom stereocenters. The normalized spacial score (nSPS) is 12.7. The van der Waals surface area contributed by atoms with Crippen LogP contribution in [0.4, 0.5) is 0 Å². The molecule has 1 rings (SSSR count). The summed E-state index contributed by atoms with van der Waals surface area (Å²) >= 11 is 0. The van der Waals surface area contributed by atoms with Gasteiger partial charge in [0, 0.05) is 0 Å². The molecule has 110 valence electrons. The standard InChI is InChI=1S/C14H22.C5H12/c1-13(2,3)11-7-9-12(10-8-11)14(4,5)6;1-5(2,3)4/h7-10H,1-6H3;1-4H3. The first kappa shape index (κ1) is 18.2. The molecule has 0 unspecified atom stereocenters. The summed E-state index contributed by atoms with van der Waals surface area (Å²) in [4.78, 5) is 0. The van der Waals surface area contributed by atoms with Crippen LogP contribution in [0, 0.1) is 5.41 Å². The Hall–Kier alpha value is -0.780. The van der Waals surface area contributed by atoms with E-state index in [1.54, 1.807) is 0 Å². The average Bonchev–Trinajstić information content (AvgIpc) is 2.12. The van der Waals surface area contributed by atoms with Gasteiger partial charge in [0.15, 0.2) is 0 Å². The van der Waals surface area contributed by atoms with E-state index in [1.165, 1.54) is 11.1 Å². The number of rotatable bonds is 0. The second kappa shape index (κ2) is 6.11. The molecule has 0 heteroatoms. The Kier molecular flexibility index (Phi) is 5.86. The van der Waals surface area contributed by atoms with Gasteiger partial charge in [0.05, 0.1) is 0 Å². The van der Waals surface area contributed by atoms with E-state index >= 15 is 0 Å². The third kappa shape index (κ3) is 8.86. The molecule has 0 N–H and O–H groups in total. The first-order valence-electron chi connectivity index (χ1n) is 7.32. The molecule has 19 heavy (non-hydrogen) atoms. The highest BCUT2D eigenvalue weighted by Crippen LogP contribution is 2.26. The minimum atomic E-state index is 0.260. The third-order valence-corrected chi connectivity index (χ3v) is 2.62. The predicted molar refractivity (Wildman–Crippen MR) is 89.0 cm³/mol. The molecule has 1 aromatic carbocycles. The lowest BCUT2D eigenvalue weighted by Gasteiger charge is -2.23. The molecule has 0 heterocycles. The van der Waals surface area contributed by atoms with Gasteiger partial charge >= 0.3 is 0 Å². The first-order chi connectivity index (χ1) is 8.21. The maximum Gasteiger partial charge on any atom is -0.0132 e. The molecule has 0 nitrogen and oxygen atoms in total. The lowest BCUT2D eigenvalue weighted by atomic mass is 9.82. The fourth-order valence-electron chi connectivity index (χ4n) is 1.47. The predicted octanol–water partition coefficient (Wildman–Crippen LogP) is 6.33. The molecule has 0 aliphatic carbocycles. The number of hydrogen-bond acceptors (Lipinski definition) is 0. The lowest BCUT2D eigenvalue weighted by molar-refractivity contribution is 0.469. The lowest BCUT2D eigenvalue weighted by Crippen LogP contribution is -2.14. The van der Waals surface area contributed by atoms with Crippen molar-refractivity contribution in [3.05, 3.63) is 35.4 Å². The SMILES string of the molecule is CC(C)(C)C.CC(C)(C)c1ccc(C(C)(C)C)cc1. The summed E-state index contributed by atoms with van der Waals surface area (Å²) in [5, 5.41) is 0. The number of hydrogen-bond donors (Lipinski definition) is 0. The maximum atomic E-state index is 2.25. The van der Waals surface area contributed by atoms with Crippen LogP contribution in [0.25, 0.3) is 0 Å². The fraction of sp³-hybridized carbons (Fsp3) is 0.684. The molecule has 0 radical (unpaired) electrons. The molecular formula is C19H34. The second-order valence-electron chi connectivity index (χ2n) is 9.08. The molecule has 0 saturated heterocycles. The van der Waals surface area contributed by atoms with Gasteiger partial charge in [-0.25, -0.2) is 0 Å². The van der Waals surface area contributed by atoms with Crippen LogP contribution in [0.1, 0.15) is 80.4 Å². The van der Waals surface area contributed by atoms with Crippen molar-refractivity contribution in [3.63, 3.8) is 0 Å². The zero-order chi connectivity index (χ0) is 15.5. The van der Waals surface area contributed by atoms with Crippen molar-refractivity contribution < 1.29 is 0 Å². The van der Waals surface area contributed by atoms with Gasteiger partial charge in [-0.15, -0.1) is 0 Å². The smallest absolute Gasteiger partial charge is 0.0132 e. The summed E-state index contributed by atoms with van der Waals surface area (Å²) in [7, 11) is 0. The summed E-state index contributed by atoms with van der Waals surface area (Å²) < 4.78 is 0. The molecule has 0 aliphatic rings.